The summed E-state index contributed by atoms with van der Waals surface area (Å²) in [6, 6.07) is 19.9. The molecule has 0 aliphatic carbocycles. The van der Waals surface area contributed by atoms with Crippen LogP contribution in [0.5, 0.6) is 5.75 Å². The summed E-state index contributed by atoms with van der Waals surface area (Å²) >= 11 is 0. The average Bonchev–Trinajstić information content (AvgIpc) is 2.79. The molecular weight excluding hydrogens is 428 g/mol. The zero-order chi connectivity index (χ0) is 23.4. The molecular formula is C28H24F4O. The molecule has 0 atom stereocenters. The van der Waals surface area contributed by atoms with Gasteiger partial charge in [0.15, 0.2) is 0 Å². The van der Waals surface area contributed by atoms with Gasteiger partial charge in [0.25, 0.3) is 0 Å². The minimum atomic E-state index is -2.96. The fourth-order valence-electron chi connectivity index (χ4n) is 4.03. The smallest absolute Gasteiger partial charge is 0.387 e. The van der Waals surface area contributed by atoms with E-state index in [2.05, 4.69) is 23.8 Å². The van der Waals surface area contributed by atoms with Crippen molar-refractivity contribution in [2.45, 2.75) is 39.2 Å². The van der Waals surface area contributed by atoms with E-state index in [0.29, 0.717) is 11.1 Å². The zero-order valence-corrected chi connectivity index (χ0v) is 18.3. The van der Waals surface area contributed by atoms with Crippen LogP contribution in [0, 0.1) is 11.6 Å². The van der Waals surface area contributed by atoms with Crippen LogP contribution in [0.2, 0.25) is 0 Å². The molecule has 0 amide bonds. The van der Waals surface area contributed by atoms with E-state index in [1.807, 2.05) is 24.3 Å². The molecule has 4 aromatic carbocycles. The molecule has 0 unspecified atom stereocenters. The summed E-state index contributed by atoms with van der Waals surface area (Å²) in [7, 11) is 0. The molecule has 0 saturated carbocycles. The average molecular weight is 452 g/mol. The summed E-state index contributed by atoms with van der Waals surface area (Å²) in [4.78, 5) is 0. The number of fused-ring (bicyclic) bond motifs is 1. The second-order valence-electron chi connectivity index (χ2n) is 8.07. The lowest BCUT2D eigenvalue weighted by molar-refractivity contribution is -0.0498. The Morgan fingerprint density at radius 1 is 0.697 bits per heavy atom. The van der Waals surface area contributed by atoms with Gasteiger partial charge in [0.1, 0.15) is 17.4 Å². The summed E-state index contributed by atoms with van der Waals surface area (Å²) in [5.74, 6) is -1.52. The zero-order valence-electron chi connectivity index (χ0n) is 18.3. The summed E-state index contributed by atoms with van der Waals surface area (Å²) in [6.45, 7) is -0.778. The van der Waals surface area contributed by atoms with Gasteiger partial charge in [-0.25, -0.2) is 8.78 Å². The maximum Gasteiger partial charge on any atom is 0.387 e. The van der Waals surface area contributed by atoms with Gasteiger partial charge in [-0.05, 0) is 76.2 Å². The number of halogens is 4. The third-order valence-corrected chi connectivity index (χ3v) is 5.72. The highest BCUT2D eigenvalue weighted by Crippen LogP contribution is 2.33. The van der Waals surface area contributed by atoms with Gasteiger partial charge in [0, 0.05) is 0 Å². The minimum absolute atomic E-state index is 0.0733. The highest BCUT2D eigenvalue weighted by molar-refractivity contribution is 5.88. The summed E-state index contributed by atoms with van der Waals surface area (Å²) in [5, 5.41) is 2.10. The number of hydrogen-bond donors (Lipinski definition) is 0. The monoisotopic (exact) mass is 452 g/mol. The van der Waals surface area contributed by atoms with Gasteiger partial charge in [0.05, 0.1) is 5.56 Å². The van der Waals surface area contributed by atoms with E-state index < -0.39 is 18.2 Å². The van der Waals surface area contributed by atoms with E-state index in [1.54, 1.807) is 0 Å². The molecule has 170 valence electrons. The predicted molar refractivity (Wildman–Crippen MR) is 125 cm³/mol. The van der Waals surface area contributed by atoms with Crippen molar-refractivity contribution < 1.29 is 22.3 Å². The van der Waals surface area contributed by atoms with Crippen LogP contribution >= 0.6 is 0 Å². The number of unbranched alkanes of at least 4 members (excludes halogenated alkanes) is 2. The Hall–Kier alpha value is -3.34. The summed E-state index contributed by atoms with van der Waals surface area (Å²) < 4.78 is 58.8. The first-order chi connectivity index (χ1) is 15.9. The number of alkyl halides is 2. The Kier molecular flexibility index (Phi) is 6.97. The molecule has 0 N–H and O–H groups in total. The van der Waals surface area contributed by atoms with E-state index >= 15 is 0 Å². The van der Waals surface area contributed by atoms with Gasteiger partial charge < -0.3 is 4.74 Å². The normalized spacial score (nSPS) is 11.3. The van der Waals surface area contributed by atoms with Crippen molar-refractivity contribution in [2.24, 2.45) is 0 Å². The maximum absolute atomic E-state index is 14.9. The Bertz CT molecular complexity index is 1230. The van der Waals surface area contributed by atoms with E-state index in [9.17, 15) is 17.6 Å². The van der Waals surface area contributed by atoms with Crippen molar-refractivity contribution in [3.8, 4) is 28.0 Å². The van der Waals surface area contributed by atoms with Crippen molar-refractivity contribution in [3.63, 3.8) is 0 Å². The van der Waals surface area contributed by atoms with Crippen molar-refractivity contribution in [1.82, 2.24) is 0 Å². The molecule has 0 spiro atoms. The number of aryl methyl sites for hydroxylation is 1. The van der Waals surface area contributed by atoms with Crippen LogP contribution in [0.3, 0.4) is 0 Å². The molecule has 0 aliphatic heterocycles. The highest BCUT2D eigenvalue weighted by Gasteiger charge is 2.15. The van der Waals surface area contributed by atoms with Gasteiger partial charge in [-0.15, -0.1) is 0 Å². The third kappa shape index (κ3) is 5.36. The first-order valence-electron chi connectivity index (χ1n) is 11.0. The minimum Gasteiger partial charge on any atom is -0.435 e. The van der Waals surface area contributed by atoms with E-state index in [0.717, 1.165) is 23.6 Å². The largest absolute Gasteiger partial charge is 0.435 e. The summed E-state index contributed by atoms with van der Waals surface area (Å²) in [5.41, 5.74) is 2.47. The molecule has 0 bridgehead atoms. The Labute approximate surface area is 190 Å². The maximum atomic E-state index is 14.9. The fourth-order valence-corrected chi connectivity index (χ4v) is 4.03. The molecule has 1 nitrogen and oxygen atoms in total. The molecule has 33 heavy (non-hydrogen) atoms. The second-order valence-corrected chi connectivity index (χ2v) is 8.07. The third-order valence-electron chi connectivity index (χ3n) is 5.72. The van der Waals surface area contributed by atoms with Crippen LogP contribution < -0.4 is 4.74 Å². The van der Waals surface area contributed by atoms with Crippen molar-refractivity contribution in [2.75, 3.05) is 0 Å². The van der Waals surface area contributed by atoms with Crippen molar-refractivity contribution in [3.05, 3.63) is 90.0 Å². The molecule has 5 heteroatoms. The quantitative estimate of drug-likeness (QED) is 0.192. The molecule has 0 radical (unpaired) electrons. The van der Waals surface area contributed by atoms with Crippen LogP contribution in [0.15, 0.2) is 72.8 Å². The van der Waals surface area contributed by atoms with Crippen molar-refractivity contribution >= 4 is 10.8 Å². The second kappa shape index (κ2) is 10.1. The first kappa shape index (κ1) is 22.8. The molecule has 0 saturated heterocycles. The van der Waals surface area contributed by atoms with Gasteiger partial charge in [-0.2, -0.15) is 8.78 Å². The van der Waals surface area contributed by atoms with Crippen LogP contribution in [-0.2, 0) is 6.42 Å². The number of benzene rings is 4. The van der Waals surface area contributed by atoms with E-state index in [-0.39, 0.29) is 16.9 Å². The molecule has 0 aromatic heterocycles. The first-order valence-corrected chi connectivity index (χ1v) is 11.0. The highest BCUT2D eigenvalue weighted by atomic mass is 19.3. The van der Waals surface area contributed by atoms with E-state index in [1.165, 1.54) is 54.8 Å². The van der Waals surface area contributed by atoms with Gasteiger partial charge in [0.2, 0.25) is 0 Å². The molecule has 0 heterocycles. The number of ether oxygens (including phenoxy) is 1. The van der Waals surface area contributed by atoms with Gasteiger partial charge in [-0.3, -0.25) is 0 Å². The predicted octanol–water partition coefficient (Wildman–Crippen LogP) is 8.79. The molecule has 4 aromatic rings. The van der Waals surface area contributed by atoms with Crippen LogP contribution in [0.4, 0.5) is 17.6 Å². The molecule has 4 rings (SSSR count). The van der Waals surface area contributed by atoms with Crippen LogP contribution in [-0.4, -0.2) is 6.61 Å². The Balaban J connectivity index is 1.61. The number of rotatable bonds is 8. The van der Waals surface area contributed by atoms with Gasteiger partial charge >= 0.3 is 6.61 Å². The molecule has 0 fully saturated rings. The Morgan fingerprint density at radius 3 is 2.00 bits per heavy atom. The lowest BCUT2D eigenvalue weighted by Gasteiger charge is -2.11. The molecule has 0 aliphatic rings. The lowest BCUT2D eigenvalue weighted by Crippen LogP contribution is -2.01. The van der Waals surface area contributed by atoms with Crippen LogP contribution in [0.25, 0.3) is 33.0 Å². The standard InChI is InChI=1S/C28H24F4O/c1-2-3-4-5-18-6-7-21-15-22(9-8-20(21)14-18)23-16-25(29)27(26(30)17-23)19-10-12-24(13-11-19)33-28(31)32/h6-17,28H,2-5H2,1H3. The fraction of sp³-hybridized carbons (Fsp3) is 0.214. The summed E-state index contributed by atoms with van der Waals surface area (Å²) in [6.07, 6.45) is 4.59. The lowest BCUT2D eigenvalue weighted by atomic mass is 9.96. The Morgan fingerprint density at radius 2 is 1.33 bits per heavy atom. The SMILES string of the molecule is CCCCCc1ccc2cc(-c3cc(F)c(-c4ccc(OC(F)F)cc4)c(F)c3)ccc2c1. The van der Waals surface area contributed by atoms with Gasteiger partial charge in [-0.1, -0.05) is 62.2 Å². The topological polar surface area (TPSA) is 9.23 Å². The van der Waals surface area contributed by atoms with E-state index in [4.69, 9.17) is 0 Å². The van der Waals surface area contributed by atoms with Crippen LogP contribution in [0.1, 0.15) is 31.7 Å². The van der Waals surface area contributed by atoms with Crippen molar-refractivity contribution in [1.29, 1.82) is 0 Å². The number of hydrogen-bond acceptors (Lipinski definition) is 1.